The standard InChI is InChI=1S/C29H36N4O4.C4H4O4/c1-32(2)18-25-27(36-20-23-6-4-3-5-22(23)17-30)10-8-24-26(31-37-29(24)25)9-7-21-11-13-33(14-12-21)19-28-34-15-16-35-28;5-3(6)1-2-4(7)8/h3-6,8,10,21,28H,7,9,11-16,18-20H2,1-2H3;1-2H,(H,5,6)(H,7,8)/b;2-1+. The Hall–Kier alpha value is -4.28. The fourth-order valence-electron chi connectivity index (χ4n) is 5.45. The van der Waals surface area contributed by atoms with Crippen LogP contribution < -0.4 is 4.74 Å². The number of hydrogen-bond acceptors (Lipinski definition) is 10. The molecule has 0 atom stereocenters. The van der Waals surface area contributed by atoms with Gasteiger partial charge in [0, 0.05) is 36.2 Å². The van der Waals surface area contributed by atoms with Gasteiger partial charge in [-0.1, -0.05) is 23.4 Å². The summed E-state index contributed by atoms with van der Waals surface area (Å²) >= 11 is 0. The van der Waals surface area contributed by atoms with Crippen molar-refractivity contribution in [2.45, 2.75) is 45.1 Å². The highest BCUT2D eigenvalue weighted by Gasteiger charge is 2.25. The number of nitriles is 1. The van der Waals surface area contributed by atoms with Crippen molar-refractivity contribution in [1.82, 2.24) is 15.0 Å². The minimum Gasteiger partial charge on any atom is -0.488 e. The largest absolute Gasteiger partial charge is 0.488 e. The van der Waals surface area contributed by atoms with Gasteiger partial charge in [0.15, 0.2) is 11.9 Å². The van der Waals surface area contributed by atoms with Gasteiger partial charge in [0.25, 0.3) is 0 Å². The van der Waals surface area contributed by atoms with E-state index in [9.17, 15) is 14.9 Å². The number of hydrogen-bond donors (Lipinski definition) is 2. The Morgan fingerprint density at radius 1 is 1.09 bits per heavy atom. The first-order valence-corrected chi connectivity index (χ1v) is 15.0. The van der Waals surface area contributed by atoms with Gasteiger partial charge in [0.2, 0.25) is 0 Å². The van der Waals surface area contributed by atoms with Crippen molar-refractivity contribution < 1.29 is 38.5 Å². The Labute approximate surface area is 262 Å². The molecule has 0 spiro atoms. The molecule has 12 nitrogen and oxygen atoms in total. The summed E-state index contributed by atoms with van der Waals surface area (Å²) in [7, 11) is 4.06. The average Bonchev–Trinajstić information content (AvgIpc) is 3.70. The van der Waals surface area contributed by atoms with Gasteiger partial charge in [0.05, 0.1) is 36.1 Å². The molecule has 2 aliphatic rings. The number of nitrogens with zero attached hydrogens (tertiary/aromatic N) is 4. The second kappa shape index (κ2) is 16.7. The van der Waals surface area contributed by atoms with Crippen molar-refractivity contribution in [2.24, 2.45) is 5.92 Å². The zero-order chi connectivity index (χ0) is 32.2. The van der Waals surface area contributed by atoms with Crippen molar-refractivity contribution in [3.8, 4) is 11.8 Å². The monoisotopic (exact) mass is 620 g/mol. The Bertz CT molecular complexity index is 1480. The van der Waals surface area contributed by atoms with Gasteiger partial charge >= 0.3 is 11.9 Å². The summed E-state index contributed by atoms with van der Waals surface area (Å²) in [6, 6.07) is 13.9. The third-order valence-corrected chi connectivity index (χ3v) is 7.73. The summed E-state index contributed by atoms with van der Waals surface area (Å²) in [5.74, 6) is -1.06. The lowest BCUT2D eigenvalue weighted by atomic mass is 9.91. The van der Waals surface area contributed by atoms with Gasteiger partial charge in [-0.15, -0.1) is 0 Å². The van der Waals surface area contributed by atoms with Gasteiger partial charge in [-0.05, 0) is 77.0 Å². The van der Waals surface area contributed by atoms with E-state index in [1.807, 2.05) is 44.4 Å². The normalized spacial score (nSPS) is 16.1. The van der Waals surface area contributed by atoms with Crippen LogP contribution in [0.2, 0.25) is 0 Å². The number of fused-ring (bicyclic) bond motifs is 1. The highest BCUT2D eigenvalue weighted by atomic mass is 16.7. The third kappa shape index (κ3) is 10.1. The lowest BCUT2D eigenvalue weighted by molar-refractivity contribution is -0.134. The van der Waals surface area contributed by atoms with Crippen LogP contribution in [-0.4, -0.2) is 90.3 Å². The van der Waals surface area contributed by atoms with Crippen molar-refractivity contribution in [3.05, 3.63) is 70.9 Å². The van der Waals surface area contributed by atoms with Crippen LogP contribution in [0.5, 0.6) is 5.75 Å². The number of benzene rings is 2. The summed E-state index contributed by atoms with van der Waals surface area (Å²) in [5.41, 5.74) is 4.30. The number of aromatic nitrogens is 1. The molecule has 0 aliphatic carbocycles. The van der Waals surface area contributed by atoms with Crippen molar-refractivity contribution >= 4 is 22.9 Å². The number of likely N-dealkylation sites (tertiary alicyclic amines) is 1. The molecule has 2 aromatic carbocycles. The first-order valence-electron chi connectivity index (χ1n) is 15.0. The molecule has 2 fully saturated rings. The molecule has 2 N–H and O–H groups in total. The van der Waals surface area contributed by atoms with E-state index >= 15 is 0 Å². The molecular weight excluding hydrogens is 580 g/mol. The highest BCUT2D eigenvalue weighted by molar-refractivity contribution is 5.89. The second-order valence-electron chi connectivity index (χ2n) is 11.3. The van der Waals surface area contributed by atoms with E-state index in [0.717, 1.165) is 66.0 Å². The number of rotatable bonds is 12. The molecular formula is C33H40N4O8. The van der Waals surface area contributed by atoms with E-state index in [1.54, 1.807) is 0 Å². The molecule has 0 bridgehead atoms. The molecule has 2 aliphatic heterocycles. The van der Waals surface area contributed by atoms with E-state index in [2.05, 4.69) is 27.1 Å². The maximum absolute atomic E-state index is 9.55. The lowest BCUT2D eigenvalue weighted by Gasteiger charge is -2.32. The quantitative estimate of drug-likeness (QED) is 0.280. The molecule has 0 radical (unpaired) electrons. The van der Waals surface area contributed by atoms with Gasteiger partial charge in [-0.2, -0.15) is 5.26 Å². The number of piperidine rings is 1. The van der Waals surface area contributed by atoms with Crippen LogP contribution in [0, 0.1) is 17.2 Å². The molecule has 5 rings (SSSR count). The van der Waals surface area contributed by atoms with Crippen molar-refractivity contribution in [2.75, 3.05) is 46.9 Å². The Morgan fingerprint density at radius 3 is 2.42 bits per heavy atom. The third-order valence-electron chi connectivity index (χ3n) is 7.73. The topological polar surface area (TPSA) is 159 Å². The van der Waals surface area contributed by atoms with Gasteiger partial charge < -0.3 is 33.8 Å². The predicted octanol–water partition coefficient (Wildman–Crippen LogP) is 4.07. The Kier molecular flexibility index (Phi) is 12.5. The number of carbonyl (C=O) groups is 2. The van der Waals surface area contributed by atoms with Gasteiger partial charge in [-0.25, -0.2) is 9.59 Å². The number of carboxylic acids is 2. The van der Waals surface area contributed by atoms with Crippen molar-refractivity contribution in [3.63, 3.8) is 0 Å². The molecule has 0 unspecified atom stereocenters. The van der Waals surface area contributed by atoms with Crippen LogP contribution in [0.25, 0.3) is 11.0 Å². The molecule has 0 saturated carbocycles. The summed E-state index contributed by atoms with van der Waals surface area (Å²) in [5, 5.41) is 30.6. The van der Waals surface area contributed by atoms with Crippen LogP contribution in [0.1, 0.15) is 41.6 Å². The Morgan fingerprint density at radius 2 is 1.78 bits per heavy atom. The van der Waals surface area contributed by atoms with Crippen LogP contribution in [0.4, 0.5) is 0 Å². The predicted molar refractivity (Wildman–Crippen MR) is 164 cm³/mol. The fraction of sp³-hybridized carbons (Fsp3) is 0.455. The zero-order valence-corrected chi connectivity index (χ0v) is 25.7. The van der Waals surface area contributed by atoms with Crippen LogP contribution >= 0.6 is 0 Å². The first kappa shape index (κ1) is 33.6. The van der Waals surface area contributed by atoms with Crippen LogP contribution in [0.15, 0.2) is 53.1 Å². The number of aryl methyl sites for hydroxylation is 1. The highest BCUT2D eigenvalue weighted by Crippen LogP contribution is 2.33. The molecule has 3 heterocycles. The van der Waals surface area contributed by atoms with E-state index in [-0.39, 0.29) is 6.29 Å². The van der Waals surface area contributed by atoms with Gasteiger partial charge in [0.1, 0.15) is 12.4 Å². The Balaban J connectivity index is 0.000000510. The molecule has 45 heavy (non-hydrogen) atoms. The second-order valence-corrected chi connectivity index (χ2v) is 11.3. The van der Waals surface area contributed by atoms with E-state index < -0.39 is 11.9 Å². The molecule has 2 saturated heterocycles. The summed E-state index contributed by atoms with van der Waals surface area (Å²) in [6.07, 6.45) is 5.46. The summed E-state index contributed by atoms with van der Waals surface area (Å²) < 4.78 is 23.3. The van der Waals surface area contributed by atoms with E-state index in [0.29, 0.717) is 50.0 Å². The number of carboxylic acid groups (broad SMARTS) is 2. The minimum absolute atomic E-state index is 0.0515. The summed E-state index contributed by atoms with van der Waals surface area (Å²) in [6.45, 7) is 5.49. The molecule has 1 aromatic heterocycles. The van der Waals surface area contributed by atoms with E-state index in [1.165, 1.54) is 12.8 Å². The number of aliphatic carboxylic acids is 2. The number of ether oxygens (including phenoxy) is 3. The molecule has 240 valence electrons. The molecule has 3 aromatic rings. The smallest absolute Gasteiger partial charge is 0.328 e. The SMILES string of the molecule is CN(C)Cc1c(OCc2ccccc2C#N)ccc2c(CCC3CCN(CC4OCCO4)CC3)noc12.O=C(O)/C=C/C(=O)O. The fourth-order valence-corrected chi connectivity index (χ4v) is 5.45. The minimum atomic E-state index is -1.26. The van der Waals surface area contributed by atoms with E-state index in [4.69, 9.17) is 28.9 Å². The van der Waals surface area contributed by atoms with Gasteiger partial charge in [-0.3, -0.25) is 4.90 Å². The average molecular weight is 621 g/mol. The van der Waals surface area contributed by atoms with Crippen molar-refractivity contribution in [1.29, 1.82) is 5.26 Å². The van der Waals surface area contributed by atoms with Crippen LogP contribution in [-0.2, 0) is 38.6 Å². The zero-order valence-electron chi connectivity index (χ0n) is 25.7. The summed E-state index contributed by atoms with van der Waals surface area (Å²) in [4.78, 5) is 23.7. The maximum Gasteiger partial charge on any atom is 0.328 e. The molecule has 12 heteroatoms. The lowest BCUT2D eigenvalue weighted by Crippen LogP contribution is -2.39. The molecule has 0 amide bonds. The van der Waals surface area contributed by atoms with Crippen LogP contribution in [0.3, 0.4) is 0 Å². The first-order chi connectivity index (χ1) is 21.7. The maximum atomic E-state index is 9.55.